The molecule has 3 rings (SSSR count). The number of fused-ring (bicyclic) bond motifs is 1. The number of terminal acetylenes is 1. The molecule has 0 N–H and O–H groups in total. The maximum absolute atomic E-state index is 12.3. The van der Waals surface area contributed by atoms with Crippen molar-refractivity contribution in [2.75, 3.05) is 0 Å². The smallest absolute Gasteiger partial charge is 0.300 e. The molecule has 2 heterocycles. The van der Waals surface area contributed by atoms with E-state index in [9.17, 15) is 4.79 Å². The van der Waals surface area contributed by atoms with Gasteiger partial charge in [0.05, 0.1) is 16.8 Å². The van der Waals surface area contributed by atoms with E-state index in [1.54, 1.807) is 24.0 Å². The normalized spacial score (nSPS) is 12.0. The lowest BCUT2D eigenvalue weighted by atomic mass is 10.0. The van der Waals surface area contributed by atoms with Gasteiger partial charge < -0.3 is 4.57 Å². The molecule has 0 saturated carbocycles. The van der Waals surface area contributed by atoms with E-state index in [2.05, 4.69) is 42.0 Å². The first kappa shape index (κ1) is 16.2. The second-order valence-electron chi connectivity index (χ2n) is 5.85. The molecular weight excluding hydrogens is 320 g/mol. The highest BCUT2D eigenvalue weighted by Gasteiger charge is 2.11. The Labute approximate surface area is 144 Å². The topological polar surface area (TPSA) is 52.2 Å². The van der Waals surface area contributed by atoms with Gasteiger partial charge in [-0.3, -0.25) is 9.48 Å². The Morgan fingerprint density at radius 3 is 2.83 bits per heavy atom. The largest absolute Gasteiger partial charge is 0.305 e. The fourth-order valence-corrected chi connectivity index (χ4v) is 3.53. The van der Waals surface area contributed by atoms with E-state index in [-0.39, 0.29) is 5.91 Å². The molecule has 122 valence electrons. The van der Waals surface area contributed by atoms with Crippen LogP contribution in [0.25, 0.3) is 10.2 Å². The van der Waals surface area contributed by atoms with E-state index in [0.29, 0.717) is 23.0 Å². The number of carbonyl (C=O) groups is 1. The lowest BCUT2D eigenvalue weighted by Crippen LogP contribution is -2.16. The van der Waals surface area contributed by atoms with Gasteiger partial charge in [0.2, 0.25) is 0 Å². The summed E-state index contributed by atoms with van der Waals surface area (Å²) in [6.07, 6.45) is 7.21. The molecule has 3 aromatic rings. The quantitative estimate of drug-likeness (QED) is 0.690. The zero-order chi connectivity index (χ0) is 17.3. The molecule has 1 aromatic carbocycles. The lowest BCUT2D eigenvalue weighted by molar-refractivity contribution is 0.0992. The van der Waals surface area contributed by atoms with Gasteiger partial charge in [0.1, 0.15) is 0 Å². The van der Waals surface area contributed by atoms with Crippen molar-refractivity contribution in [1.82, 2.24) is 14.3 Å². The molecule has 0 spiro atoms. The Kier molecular flexibility index (Phi) is 4.36. The Morgan fingerprint density at radius 1 is 1.42 bits per heavy atom. The second kappa shape index (κ2) is 6.46. The molecule has 0 radical (unpaired) electrons. The Morgan fingerprint density at radius 2 is 2.21 bits per heavy atom. The molecule has 6 heteroatoms. The van der Waals surface area contributed by atoms with Crippen molar-refractivity contribution in [2.45, 2.75) is 26.3 Å². The third-order valence-electron chi connectivity index (χ3n) is 3.75. The molecule has 24 heavy (non-hydrogen) atoms. The summed E-state index contributed by atoms with van der Waals surface area (Å²) in [7, 11) is 1.77. The molecule has 0 saturated heterocycles. The van der Waals surface area contributed by atoms with E-state index in [0.717, 1.165) is 10.2 Å². The molecule has 5 nitrogen and oxygen atoms in total. The van der Waals surface area contributed by atoms with Crippen LogP contribution in [-0.2, 0) is 13.6 Å². The van der Waals surface area contributed by atoms with Gasteiger partial charge in [-0.25, -0.2) is 0 Å². The van der Waals surface area contributed by atoms with E-state index < -0.39 is 0 Å². The van der Waals surface area contributed by atoms with Crippen LogP contribution in [0, 0.1) is 12.3 Å². The molecule has 0 aliphatic rings. The van der Waals surface area contributed by atoms with Crippen molar-refractivity contribution in [3.8, 4) is 12.3 Å². The summed E-state index contributed by atoms with van der Waals surface area (Å²) in [6.45, 7) is 4.68. The van der Waals surface area contributed by atoms with Crippen molar-refractivity contribution < 1.29 is 4.79 Å². The van der Waals surface area contributed by atoms with Crippen molar-refractivity contribution in [3.63, 3.8) is 0 Å². The number of aryl methyl sites for hydroxylation is 1. The average Bonchev–Trinajstić information content (AvgIpc) is 3.11. The first-order chi connectivity index (χ1) is 11.5. The average molecular weight is 338 g/mol. The van der Waals surface area contributed by atoms with Crippen LogP contribution in [0.4, 0.5) is 0 Å². The number of nitrogens with zero attached hydrogens (tertiary/aromatic N) is 4. The van der Waals surface area contributed by atoms with Gasteiger partial charge in [0.25, 0.3) is 5.91 Å². The Balaban J connectivity index is 2.15. The molecule has 0 aliphatic carbocycles. The van der Waals surface area contributed by atoms with Crippen LogP contribution in [0.15, 0.2) is 35.5 Å². The van der Waals surface area contributed by atoms with Crippen LogP contribution in [0.1, 0.15) is 35.8 Å². The fourth-order valence-electron chi connectivity index (χ4n) is 2.45. The number of aromatic nitrogens is 3. The van der Waals surface area contributed by atoms with Crippen LogP contribution in [-0.4, -0.2) is 20.3 Å². The van der Waals surface area contributed by atoms with Crippen LogP contribution in [0.5, 0.6) is 0 Å². The summed E-state index contributed by atoms with van der Waals surface area (Å²) in [4.78, 5) is 17.2. The van der Waals surface area contributed by atoms with Crippen LogP contribution in [0.3, 0.4) is 0 Å². The van der Waals surface area contributed by atoms with E-state index in [4.69, 9.17) is 6.42 Å². The zero-order valence-electron chi connectivity index (χ0n) is 13.9. The van der Waals surface area contributed by atoms with E-state index >= 15 is 0 Å². The summed E-state index contributed by atoms with van der Waals surface area (Å²) >= 11 is 1.47. The molecule has 0 fully saturated rings. The minimum absolute atomic E-state index is 0.324. The molecule has 0 aliphatic heterocycles. The summed E-state index contributed by atoms with van der Waals surface area (Å²) in [5.41, 5.74) is 2.57. The van der Waals surface area contributed by atoms with Crippen LogP contribution >= 0.6 is 11.3 Å². The predicted molar refractivity (Wildman–Crippen MR) is 95.8 cm³/mol. The lowest BCUT2D eigenvalue weighted by Gasteiger charge is -2.05. The van der Waals surface area contributed by atoms with E-state index in [1.165, 1.54) is 16.9 Å². The first-order valence-electron chi connectivity index (χ1n) is 7.65. The minimum atomic E-state index is -0.364. The molecule has 0 bridgehead atoms. The number of hydrogen-bond donors (Lipinski definition) is 0. The monoisotopic (exact) mass is 338 g/mol. The first-order valence-corrected chi connectivity index (χ1v) is 8.46. The van der Waals surface area contributed by atoms with Gasteiger partial charge in [0, 0.05) is 13.2 Å². The number of hydrogen-bond acceptors (Lipinski definition) is 3. The Bertz CT molecular complexity index is 1010. The zero-order valence-corrected chi connectivity index (χ0v) is 14.7. The van der Waals surface area contributed by atoms with Gasteiger partial charge in [-0.15, -0.1) is 6.42 Å². The summed E-state index contributed by atoms with van der Waals surface area (Å²) < 4.78 is 4.55. The number of thiazole rings is 1. The number of carbonyl (C=O) groups excluding carboxylic acids is 1. The minimum Gasteiger partial charge on any atom is -0.305 e. The van der Waals surface area contributed by atoms with Crippen molar-refractivity contribution in [3.05, 3.63) is 46.5 Å². The van der Waals surface area contributed by atoms with Crippen molar-refractivity contribution in [2.24, 2.45) is 12.0 Å². The summed E-state index contributed by atoms with van der Waals surface area (Å²) in [5.74, 6) is 2.71. The number of benzene rings is 1. The van der Waals surface area contributed by atoms with Crippen LogP contribution < -0.4 is 4.80 Å². The van der Waals surface area contributed by atoms with Crippen LogP contribution in [0.2, 0.25) is 0 Å². The molecule has 2 aromatic heterocycles. The highest BCUT2D eigenvalue weighted by molar-refractivity contribution is 7.16. The SMILES string of the molecule is C#CCn1c(=NC(=O)c2ccn(C)n2)sc2cc(C(C)C)ccc21. The highest BCUT2D eigenvalue weighted by atomic mass is 32.1. The fraction of sp³-hybridized carbons (Fsp3) is 0.278. The molecule has 1 amide bonds. The predicted octanol–water partition coefficient (Wildman–Crippen LogP) is 2.93. The number of amides is 1. The molecule has 0 atom stereocenters. The van der Waals surface area contributed by atoms with Gasteiger partial charge >= 0.3 is 0 Å². The van der Waals surface area contributed by atoms with Gasteiger partial charge in [-0.05, 0) is 29.7 Å². The van der Waals surface area contributed by atoms with Crippen molar-refractivity contribution in [1.29, 1.82) is 0 Å². The number of rotatable bonds is 3. The van der Waals surface area contributed by atoms with Gasteiger partial charge in [-0.2, -0.15) is 10.1 Å². The van der Waals surface area contributed by atoms with Crippen molar-refractivity contribution >= 4 is 27.5 Å². The van der Waals surface area contributed by atoms with Gasteiger partial charge in [-0.1, -0.05) is 37.2 Å². The summed E-state index contributed by atoms with van der Waals surface area (Å²) in [6, 6.07) is 7.93. The standard InChI is InChI=1S/C18H18N4OS/c1-5-9-22-15-7-6-13(12(2)3)11-16(15)24-18(22)19-17(23)14-8-10-21(4)20-14/h1,6-8,10-12H,9H2,2-4H3. The maximum Gasteiger partial charge on any atom is 0.300 e. The molecular formula is C18H18N4OS. The highest BCUT2D eigenvalue weighted by Crippen LogP contribution is 2.23. The summed E-state index contributed by atoms with van der Waals surface area (Å²) in [5, 5.41) is 4.10. The third kappa shape index (κ3) is 3.03. The second-order valence-corrected chi connectivity index (χ2v) is 6.86. The third-order valence-corrected chi connectivity index (χ3v) is 4.79. The van der Waals surface area contributed by atoms with E-state index in [1.807, 2.05) is 10.6 Å². The Hall–Kier alpha value is -2.65. The molecule has 0 unspecified atom stereocenters. The maximum atomic E-state index is 12.3. The van der Waals surface area contributed by atoms with Gasteiger partial charge in [0.15, 0.2) is 10.5 Å².